The van der Waals surface area contributed by atoms with E-state index in [1.54, 1.807) is 39.9 Å². The Hall–Kier alpha value is -4.82. The summed E-state index contributed by atoms with van der Waals surface area (Å²) in [5.41, 5.74) is 7.38. The van der Waals surface area contributed by atoms with Crippen molar-refractivity contribution in [2.24, 2.45) is 0 Å². The van der Waals surface area contributed by atoms with Crippen molar-refractivity contribution in [2.45, 2.75) is 44.3 Å². The third-order valence-corrected chi connectivity index (χ3v) is 7.57. The zero-order chi connectivity index (χ0) is 28.3. The number of carbonyl (C=O) groups is 1. The molecule has 41 heavy (non-hydrogen) atoms. The number of para-hydroxylation sites is 1. The molecule has 6 rings (SSSR count). The highest BCUT2D eigenvalue weighted by molar-refractivity contribution is 5.99. The van der Waals surface area contributed by atoms with Gasteiger partial charge in [0.2, 0.25) is 0 Å². The van der Waals surface area contributed by atoms with Gasteiger partial charge in [-0.1, -0.05) is 18.2 Å². The number of anilines is 1. The number of halogens is 1. The Morgan fingerprint density at radius 2 is 2.02 bits per heavy atom. The first kappa shape index (κ1) is 26.4. The average Bonchev–Trinajstić information content (AvgIpc) is 3.74. The van der Waals surface area contributed by atoms with E-state index >= 15 is 4.39 Å². The monoisotopic (exact) mass is 552 g/mol. The van der Waals surface area contributed by atoms with E-state index in [-0.39, 0.29) is 34.9 Å². The summed E-state index contributed by atoms with van der Waals surface area (Å²) in [6.07, 6.45) is 6.55. The predicted molar refractivity (Wildman–Crippen MR) is 151 cm³/mol. The maximum absolute atomic E-state index is 15.5. The van der Waals surface area contributed by atoms with E-state index in [0.717, 1.165) is 32.2 Å². The van der Waals surface area contributed by atoms with Crippen LogP contribution in [-0.4, -0.2) is 55.7 Å². The van der Waals surface area contributed by atoms with Crippen molar-refractivity contribution in [1.29, 1.82) is 5.26 Å². The molecule has 2 fully saturated rings. The van der Waals surface area contributed by atoms with Crippen LogP contribution >= 0.6 is 0 Å². The lowest BCUT2D eigenvalue weighted by molar-refractivity contribution is -0.127. The molecule has 208 valence electrons. The van der Waals surface area contributed by atoms with Crippen molar-refractivity contribution in [3.8, 4) is 28.8 Å². The number of rotatable bonds is 7. The Morgan fingerprint density at radius 1 is 1.17 bits per heavy atom. The molecule has 1 unspecified atom stereocenters. The third kappa shape index (κ3) is 5.34. The van der Waals surface area contributed by atoms with Gasteiger partial charge in [0.25, 0.3) is 5.91 Å². The first-order chi connectivity index (χ1) is 20.0. The molecule has 0 radical (unpaired) electrons. The number of fused-ring (bicyclic) bond motifs is 1. The van der Waals surface area contributed by atoms with Crippen LogP contribution < -0.4 is 15.8 Å². The van der Waals surface area contributed by atoms with Crippen LogP contribution in [0.15, 0.2) is 66.5 Å². The number of nitrogen functional groups attached to an aromatic ring is 1. The van der Waals surface area contributed by atoms with Crippen molar-refractivity contribution < 1.29 is 13.9 Å². The number of ether oxygens (including phenoxy) is 1. The lowest BCUT2D eigenvalue weighted by Crippen LogP contribution is -2.39. The van der Waals surface area contributed by atoms with Gasteiger partial charge in [0.15, 0.2) is 5.65 Å². The largest absolute Gasteiger partial charge is 0.457 e. The number of hydrogen-bond donors (Lipinski definition) is 2. The lowest BCUT2D eigenvalue weighted by Gasteiger charge is -2.24. The van der Waals surface area contributed by atoms with Crippen LogP contribution in [0.2, 0.25) is 0 Å². The van der Waals surface area contributed by atoms with E-state index in [9.17, 15) is 10.1 Å². The Kier molecular flexibility index (Phi) is 7.31. The predicted octanol–water partition coefficient (Wildman–Crippen LogP) is 4.20. The SMILES string of the molecule is N#CC(=CC1CCCN1)C(=O)N1CCC[C@@H]1Cn1nc(-c2ccc(Oc3ccccc3)cc2F)c2c(N)ncnc21. The van der Waals surface area contributed by atoms with Gasteiger partial charge in [-0.05, 0) is 62.6 Å². The highest BCUT2D eigenvalue weighted by atomic mass is 19.1. The van der Waals surface area contributed by atoms with Crippen molar-refractivity contribution in [1.82, 2.24) is 30.0 Å². The summed E-state index contributed by atoms with van der Waals surface area (Å²) in [6, 6.07) is 15.6. The molecule has 2 saturated heterocycles. The molecule has 10 nitrogen and oxygen atoms in total. The maximum atomic E-state index is 15.5. The summed E-state index contributed by atoms with van der Waals surface area (Å²) < 4.78 is 22.9. The van der Waals surface area contributed by atoms with Gasteiger partial charge in [-0.25, -0.2) is 19.0 Å². The van der Waals surface area contributed by atoms with Crippen LogP contribution in [-0.2, 0) is 11.3 Å². The number of nitriles is 1. The van der Waals surface area contributed by atoms with E-state index < -0.39 is 5.82 Å². The minimum absolute atomic E-state index is 0.0336. The van der Waals surface area contributed by atoms with E-state index in [4.69, 9.17) is 15.6 Å². The summed E-state index contributed by atoms with van der Waals surface area (Å²) in [4.78, 5) is 23.7. The fourth-order valence-electron chi connectivity index (χ4n) is 5.58. The van der Waals surface area contributed by atoms with E-state index in [2.05, 4.69) is 21.4 Å². The number of hydrogen-bond acceptors (Lipinski definition) is 8. The number of nitrogens with one attached hydrogen (secondary N) is 1. The Morgan fingerprint density at radius 3 is 2.78 bits per heavy atom. The van der Waals surface area contributed by atoms with Gasteiger partial charge in [-0.2, -0.15) is 10.4 Å². The molecular weight excluding hydrogens is 523 g/mol. The van der Waals surface area contributed by atoms with Gasteiger partial charge in [0, 0.05) is 24.2 Å². The molecule has 2 atom stereocenters. The molecule has 0 spiro atoms. The molecule has 4 aromatic rings. The second kappa shape index (κ2) is 11.3. The molecule has 2 aliphatic rings. The number of likely N-dealkylation sites (tertiary alicyclic amines) is 1. The van der Waals surface area contributed by atoms with E-state index in [1.165, 1.54) is 12.4 Å². The number of nitrogens with two attached hydrogens (primary N) is 1. The van der Waals surface area contributed by atoms with Crippen molar-refractivity contribution in [3.05, 3.63) is 72.3 Å². The second-order valence-corrected chi connectivity index (χ2v) is 10.2. The second-order valence-electron chi connectivity index (χ2n) is 10.2. The first-order valence-electron chi connectivity index (χ1n) is 13.7. The van der Waals surface area contributed by atoms with Gasteiger partial charge < -0.3 is 20.7 Å². The molecule has 3 N–H and O–H groups in total. The van der Waals surface area contributed by atoms with Crippen LogP contribution in [0.1, 0.15) is 25.7 Å². The molecule has 11 heteroatoms. The van der Waals surface area contributed by atoms with Crippen molar-refractivity contribution in [3.63, 3.8) is 0 Å². The fourth-order valence-corrected chi connectivity index (χ4v) is 5.58. The normalized spacial score (nSPS) is 19.0. The Labute approximate surface area is 236 Å². The number of carbonyl (C=O) groups excluding carboxylic acids is 1. The van der Waals surface area contributed by atoms with Gasteiger partial charge in [0.1, 0.15) is 46.8 Å². The molecule has 2 aliphatic heterocycles. The standard InChI is InChI=1S/C30H29FN8O2/c31-25-15-23(41-22-8-2-1-3-9-22)10-11-24(25)27-26-28(33)35-18-36-29(26)39(37-27)17-21-7-5-13-38(21)30(40)19(16-32)14-20-6-4-12-34-20/h1-3,8-11,14-15,18,20-21,34H,4-7,12-13,17H2,(H2,33,35,36)/t20?,21-/m1/s1. The minimum atomic E-state index is -0.532. The highest BCUT2D eigenvalue weighted by Gasteiger charge is 2.33. The molecule has 1 amide bonds. The summed E-state index contributed by atoms with van der Waals surface area (Å²) in [6.45, 7) is 1.74. The van der Waals surface area contributed by atoms with Crippen LogP contribution in [0.25, 0.3) is 22.3 Å². The number of benzene rings is 2. The Balaban J connectivity index is 1.30. The van der Waals surface area contributed by atoms with Gasteiger partial charge in [-0.3, -0.25) is 4.79 Å². The van der Waals surface area contributed by atoms with Crippen LogP contribution in [0, 0.1) is 17.1 Å². The molecular formula is C30H29FN8O2. The van der Waals surface area contributed by atoms with E-state index in [1.807, 2.05) is 18.2 Å². The van der Waals surface area contributed by atoms with Crippen LogP contribution in [0.4, 0.5) is 10.2 Å². The zero-order valence-electron chi connectivity index (χ0n) is 22.3. The van der Waals surface area contributed by atoms with Crippen molar-refractivity contribution >= 4 is 22.8 Å². The van der Waals surface area contributed by atoms with Gasteiger partial charge >= 0.3 is 0 Å². The smallest absolute Gasteiger partial charge is 0.264 e. The summed E-state index contributed by atoms with van der Waals surface area (Å²) in [5, 5.41) is 18.2. The molecule has 2 aromatic carbocycles. The van der Waals surface area contributed by atoms with E-state index in [0.29, 0.717) is 41.3 Å². The highest BCUT2D eigenvalue weighted by Crippen LogP contribution is 2.35. The van der Waals surface area contributed by atoms with Crippen molar-refractivity contribution in [2.75, 3.05) is 18.8 Å². The quantitative estimate of drug-likeness (QED) is 0.257. The summed E-state index contributed by atoms with van der Waals surface area (Å²) >= 11 is 0. The topological polar surface area (TPSA) is 135 Å². The van der Waals surface area contributed by atoms with Gasteiger partial charge in [-0.15, -0.1) is 0 Å². The molecule has 4 heterocycles. The summed E-state index contributed by atoms with van der Waals surface area (Å²) in [5.74, 6) is 0.305. The molecule has 0 saturated carbocycles. The zero-order valence-corrected chi connectivity index (χ0v) is 22.3. The average molecular weight is 553 g/mol. The number of amides is 1. The minimum Gasteiger partial charge on any atom is -0.457 e. The third-order valence-electron chi connectivity index (χ3n) is 7.57. The fraction of sp³-hybridized carbons (Fsp3) is 0.300. The molecule has 0 bridgehead atoms. The maximum Gasteiger partial charge on any atom is 0.264 e. The lowest BCUT2D eigenvalue weighted by atomic mass is 10.1. The summed E-state index contributed by atoms with van der Waals surface area (Å²) in [7, 11) is 0. The Bertz CT molecular complexity index is 1660. The number of nitrogens with zero attached hydrogens (tertiary/aromatic N) is 6. The van der Waals surface area contributed by atoms with Gasteiger partial charge in [0.05, 0.1) is 18.0 Å². The molecule has 0 aliphatic carbocycles. The first-order valence-corrected chi connectivity index (χ1v) is 13.7. The molecule has 2 aromatic heterocycles. The van der Waals surface area contributed by atoms with Crippen LogP contribution in [0.3, 0.4) is 0 Å². The van der Waals surface area contributed by atoms with Crippen LogP contribution in [0.5, 0.6) is 11.5 Å². The number of aromatic nitrogens is 4.